The molecule has 0 aliphatic carbocycles. The van der Waals surface area contributed by atoms with Crippen LogP contribution in [0.1, 0.15) is 33.5 Å². The van der Waals surface area contributed by atoms with Crippen molar-refractivity contribution in [2.45, 2.75) is 38.7 Å². The van der Waals surface area contributed by atoms with Crippen LogP contribution in [0.4, 0.5) is 5.69 Å². The van der Waals surface area contributed by atoms with E-state index in [0.717, 1.165) is 0 Å². The Kier molecular flexibility index (Phi) is 7.42. The highest BCUT2D eigenvalue weighted by molar-refractivity contribution is 7.89. The van der Waals surface area contributed by atoms with Gasteiger partial charge in [-0.2, -0.15) is 4.31 Å². The zero-order valence-electron chi connectivity index (χ0n) is 16.5. The Morgan fingerprint density at radius 2 is 1.96 bits per heavy atom. The molecule has 0 atom stereocenters. The second-order valence-corrected chi connectivity index (χ2v) is 8.19. The molecule has 0 saturated carbocycles. The Labute approximate surface area is 166 Å². The zero-order chi connectivity index (χ0) is 20.7. The minimum atomic E-state index is -3.66. The van der Waals surface area contributed by atoms with Gasteiger partial charge in [0.15, 0.2) is 0 Å². The molecule has 0 saturated heterocycles. The summed E-state index contributed by atoms with van der Waals surface area (Å²) in [5.74, 6) is 0.502. The van der Waals surface area contributed by atoms with E-state index in [1.807, 2.05) is 13.8 Å². The van der Waals surface area contributed by atoms with Crippen LogP contribution in [0.2, 0.25) is 0 Å². The summed E-state index contributed by atoms with van der Waals surface area (Å²) in [5, 5.41) is 2.69. The molecule has 2 rings (SSSR count). The fourth-order valence-electron chi connectivity index (χ4n) is 2.55. The molecule has 0 fully saturated rings. The van der Waals surface area contributed by atoms with Gasteiger partial charge in [0.05, 0.1) is 22.9 Å². The second kappa shape index (κ2) is 9.57. The predicted octanol–water partition coefficient (Wildman–Crippen LogP) is 3.75. The average Bonchev–Trinajstić information content (AvgIpc) is 3.15. The molecule has 7 nitrogen and oxygen atoms in total. The number of anilines is 1. The van der Waals surface area contributed by atoms with Crippen LogP contribution in [0.5, 0.6) is 5.75 Å². The highest BCUT2D eigenvalue weighted by Gasteiger charge is 2.23. The van der Waals surface area contributed by atoms with Gasteiger partial charge >= 0.3 is 0 Å². The van der Waals surface area contributed by atoms with E-state index in [0.29, 0.717) is 24.6 Å². The Morgan fingerprint density at radius 3 is 2.54 bits per heavy atom. The van der Waals surface area contributed by atoms with Crippen LogP contribution in [-0.2, 0) is 14.8 Å². The fraction of sp³-hybridized carbons (Fsp3) is 0.350. The molecule has 0 spiro atoms. The number of ether oxygens (including phenoxy) is 1. The van der Waals surface area contributed by atoms with Crippen molar-refractivity contribution in [3.05, 3.63) is 48.4 Å². The number of amides is 1. The third kappa shape index (κ3) is 5.46. The molecule has 1 heterocycles. The molecule has 8 heteroatoms. The van der Waals surface area contributed by atoms with E-state index in [9.17, 15) is 13.2 Å². The molecule has 152 valence electrons. The van der Waals surface area contributed by atoms with Crippen LogP contribution in [0, 0.1) is 0 Å². The number of hydrogen-bond donors (Lipinski definition) is 1. The topological polar surface area (TPSA) is 88.9 Å². The van der Waals surface area contributed by atoms with Crippen molar-refractivity contribution in [1.82, 2.24) is 4.31 Å². The number of sulfonamides is 1. The van der Waals surface area contributed by atoms with Crippen molar-refractivity contribution in [1.29, 1.82) is 0 Å². The van der Waals surface area contributed by atoms with Crippen molar-refractivity contribution in [2.75, 3.05) is 18.4 Å². The van der Waals surface area contributed by atoms with Crippen molar-refractivity contribution in [2.24, 2.45) is 0 Å². The zero-order valence-corrected chi connectivity index (χ0v) is 17.3. The molecule has 0 bridgehead atoms. The van der Waals surface area contributed by atoms with Gasteiger partial charge in [0, 0.05) is 19.2 Å². The maximum absolute atomic E-state index is 12.8. The first kappa shape index (κ1) is 21.7. The Hall–Kier alpha value is -2.58. The quantitative estimate of drug-likeness (QED) is 0.641. The van der Waals surface area contributed by atoms with E-state index in [1.54, 1.807) is 32.0 Å². The molecule has 0 radical (unpaired) electrons. The van der Waals surface area contributed by atoms with Crippen LogP contribution >= 0.6 is 0 Å². The SMILES string of the molecule is CCN(CC)S(=O)(=O)c1ccc(OC(C)C)c(NC(=O)C=Cc2ccco2)c1. The first-order valence-corrected chi connectivity index (χ1v) is 10.5. The molecular formula is C20H26N2O5S. The van der Waals surface area contributed by atoms with E-state index in [1.165, 1.54) is 34.9 Å². The van der Waals surface area contributed by atoms with Crippen LogP contribution in [0.25, 0.3) is 6.08 Å². The number of carbonyl (C=O) groups excluding carboxylic acids is 1. The fourth-order valence-corrected chi connectivity index (χ4v) is 4.04. The van der Waals surface area contributed by atoms with Crippen LogP contribution < -0.4 is 10.1 Å². The van der Waals surface area contributed by atoms with E-state index < -0.39 is 15.9 Å². The summed E-state index contributed by atoms with van der Waals surface area (Å²) in [6, 6.07) is 7.90. The van der Waals surface area contributed by atoms with Gasteiger partial charge in [-0.1, -0.05) is 13.8 Å². The van der Waals surface area contributed by atoms with Gasteiger partial charge in [-0.15, -0.1) is 0 Å². The van der Waals surface area contributed by atoms with Gasteiger partial charge < -0.3 is 14.5 Å². The number of nitrogens with zero attached hydrogens (tertiary/aromatic N) is 1. The third-order valence-electron chi connectivity index (χ3n) is 3.86. The summed E-state index contributed by atoms with van der Waals surface area (Å²) in [5.41, 5.74) is 0.288. The molecule has 0 aliphatic rings. The van der Waals surface area contributed by atoms with Crippen LogP contribution in [0.3, 0.4) is 0 Å². The number of rotatable bonds is 9. The third-order valence-corrected chi connectivity index (χ3v) is 5.90. The van der Waals surface area contributed by atoms with Gasteiger partial charge in [-0.25, -0.2) is 8.42 Å². The number of furan rings is 1. The molecule has 1 aromatic carbocycles. The van der Waals surface area contributed by atoms with E-state index in [2.05, 4.69) is 5.32 Å². The highest BCUT2D eigenvalue weighted by Crippen LogP contribution is 2.30. The van der Waals surface area contributed by atoms with Gasteiger partial charge in [0.2, 0.25) is 15.9 Å². The highest BCUT2D eigenvalue weighted by atomic mass is 32.2. The van der Waals surface area contributed by atoms with Crippen molar-refractivity contribution in [3.63, 3.8) is 0 Å². The minimum Gasteiger partial charge on any atom is -0.489 e. The minimum absolute atomic E-state index is 0.0950. The second-order valence-electron chi connectivity index (χ2n) is 6.25. The Bertz CT molecular complexity index is 914. The van der Waals surface area contributed by atoms with Crippen molar-refractivity contribution < 1.29 is 22.4 Å². The average molecular weight is 407 g/mol. The molecule has 1 aromatic heterocycles. The predicted molar refractivity (Wildman–Crippen MR) is 109 cm³/mol. The maximum atomic E-state index is 12.8. The lowest BCUT2D eigenvalue weighted by Crippen LogP contribution is -2.30. The van der Waals surface area contributed by atoms with Crippen molar-refractivity contribution in [3.8, 4) is 5.75 Å². The summed E-state index contributed by atoms with van der Waals surface area (Å²) >= 11 is 0. The number of nitrogens with one attached hydrogen (secondary N) is 1. The summed E-state index contributed by atoms with van der Waals surface area (Å²) < 4.78 is 37.8. The van der Waals surface area contributed by atoms with Crippen LogP contribution in [0.15, 0.2) is 52.0 Å². The summed E-state index contributed by atoms with van der Waals surface area (Å²) in [6.07, 6.45) is 4.20. The first-order valence-electron chi connectivity index (χ1n) is 9.11. The molecule has 28 heavy (non-hydrogen) atoms. The summed E-state index contributed by atoms with van der Waals surface area (Å²) in [4.78, 5) is 12.4. The molecule has 0 unspecified atom stereocenters. The van der Waals surface area contributed by atoms with Gasteiger partial charge in [-0.05, 0) is 50.3 Å². The number of hydrogen-bond acceptors (Lipinski definition) is 5. The molecule has 2 aromatic rings. The standard InChI is InChI=1S/C20H26N2O5S/c1-5-22(6-2)28(24,25)17-10-11-19(27-15(3)4)18(14-17)21-20(23)12-9-16-8-7-13-26-16/h7-15H,5-6H2,1-4H3,(H,21,23). The lowest BCUT2D eigenvalue weighted by molar-refractivity contribution is -0.111. The Morgan fingerprint density at radius 1 is 1.25 bits per heavy atom. The van der Waals surface area contributed by atoms with E-state index >= 15 is 0 Å². The summed E-state index contributed by atoms with van der Waals surface area (Å²) in [7, 11) is -3.66. The lowest BCUT2D eigenvalue weighted by Gasteiger charge is -2.20. The van der Waals surface area contributed by atoms with Crippen LogP contribution in [-0.4, -0.2) is 37.8 Å². The van der Waals surface area contributed by atoms with Gasteiger partial charge in [0.1, 0.15) is 11.5 Å². The van der Waals surface area contributed by atoms with Gasteiger partial charge in [-0.3, -0.25) is 4.79 Å². The molecule has 1 amide bonds. The summed E-state index contributed by atoms with van der Waals surface area (Å²) in [6.45, 7) is 7.97. The molecule has 1 N–H and O–H groups in total. The van der Waals surface area contributed by atoms with E-state index in [-0.39, 0.29) is 16.7 Å². The molecule has 0 aliphatic heterocycles. The van der Waals surface area contributed by atoms with E-state index in [4.69, 9.17) is 9.15 Å². The largest absolute Gasteiger partial charge is 0.489 e. The lowest BCUT2D eigenvalue weighted by atomic mass is 10.2. The Balaban J connectivity index is 2.34. The van der Waals surface area contributed by atoms with Gasteiger partial charge in [0.25, 0.3) is 0 Å². The normalized spacial score (nSPS) is 12.1. The first-order chi connectivity index (χ1) is 13.3. The number of carbonyl (C=O) groups is 1. The number of benzene rings is 1. The smallest absolute Gasteiger partial charge is 0.248 e. The molecular weight excluding hydrogens is 380 g/mol. The maximum Gasteiger partial charge on any atom is 0.248 e. The monoisotopic (exact) mass is 406 g/mol. The van der Waals surface area contributed by atoms with Crippen molar-refractivity contribution >= 4 is 27.7 Å².